The van der Waals surface area contributed by atoms with Gasteiger partial charge in [0, 0.05) is 19.5 Å². The molecule has 0 unspecified atom stereocenters. The first-order chi connectivity index (χ1) is 20.0. The van der Waals surface area contributed by atoms with E-state index in [2.05, 4.69) is 83.6 Å². The van der Waals surface area contributed by atoms with Crippen LogP contribution in [0.3, 0.4) is 0 Å². The molecule has 0 radical (unpaired) electrons. The Kier molecular flexibility index (Phi) is 20.2. The van der Waals surface area contributed by atoms with Gasteiger partial charge in [0.1, 0.15) is 11.8 Å². The molecular weight excluding hydrogens is 514 g/mol. The molecule has 0 heterocycles. The number of phenolic OH excluding ortho intramolecular Hbond substituents is 1. The fraction of sp³-hybridized carbons (Fsp3) is 0.382. The molecule has 4 N–H and O–H groups in total. The van der Waals surface area contributed by atoms with Crippen molar-refractivity contribution < 1.29 is 19.5 Å². The third-order valence-corrected chi connectivity index (χ3v) is 5.77. The Balaban J connectivity index is 2.04. The van der Waals surface area contributed by atoms with Crippen molar-refractivity contribution in [1.29, 1.82) is 0 Å². The summed E-state index contributed by atoms with van der Waals surface area (Å²) in [4.78, 5) is 36.3. The summed E-state index contributed by atoms with van der Waals surface area (Å²) in [7, 11) is 0. The third-order valence-electron chi connectivity index (χ3n) is 5.77. The van der Waals surface area contributed by atoms with Crippen molar-refractivity contribution in [3.63, 3.8) is 0 Å². The summed E-state index contributed by atoms with van der Waals surface area (Å²) in [6.45, 7) is 4.25. The Morgan fingerprint density at radius 3 is 1.76 bits per heavy atom. The molecule has 222 valence electrons. The van der Waals surface area contributed by atoms with Gasteiger partial charge in [-0.25, -0.2) is 0 Å². The highest BCUT2D eigenvalue weighted by atomic mass is 16.3. The van der Waals surface area contributed by atoms with Crippen LogP contribution in [-0.2, 0) is 9.59 Å². The van der Waals surface area contributed by atoms with E-state index in [0.717, 1.165) is 38.5 Å². The molecule has 0 saturated carbocycles. The van der Waals surface area contributed by atoms with E-state index in [-0.39, 0.29) is 29.7 Å². The summed E-state index contributed by atoms with van der Waals surface area (Å²) in [6.07, 6.45) is 32.6. The van der Waals surface area contributed by atoms with Crippen molar-refractivity contribution in [2.45, 2.75) is 71.3 Å². The maximum atomic E-state index is 12.2. The second kappa shape index (κ2) is 23.7. The second-order valence-electron chi connectivity index (χ2n) is 9.31. The number of benzene rings is 1. The average Bonchev–Trinajstić information content (AvgIpc) is 2.96. The molecular formula is C34H47N3O4. The Morgan fingerprint density at radius 1 is 0.732 bits per heavy atom. The minimum atomic E-state index is -0.786. The van der Waals surface area contributed by atoms with E-state index in [1.165, 1.54) is 12.1 Å². The summed E-state index contributed by atoms with van der Waals surface area (Å²) >= 11 is 0. The van der Waals surface area contributed by atoms with Gasteiger partial charge in [0.05, 0.1) is 5.56 Å². The van der Waals surface area contributed by atoms with Gasteiger partial charge in [-0.1, -0.05) is 92.0 Å². The number of hydrogen-bond donors (Lipinski definition) is 4. The van der Waals surface area contributed by atoms with Gasteiger partial charge in [-0.3, -0.25) is 14.4 Å². The van der Waals surface area contributed by atoms with E-state index in [0.29, 0.717) is 19.4 Å². The number of para-hydroxylation sites is 1. The number of carbonyl (C=O) groups is 3. The summed E-state index contributed by atoms with van der Waals surface area (Å²) in [5.41, 5.74) is 0.103. The van der Waals surface area contributed by atoms with Gasteiger partial charge >= 0.3 is 0 Å². The zero-order valence-electron chi connectivity index (χ0n) is 24.6. The van der Waals surface area contributed by atoms with Crippen LogP contribution in [0.4, 0.5) is 0 Å². The predicted molar refractivity (Wildman–Crippen MR) is 169 cm³/mol. The second-order valence-corrected chi connectivity index (χ2v) is 9.31. The Hall–Kier alpha value is -4.13. The van der Waals surface area contributed by atoms with E-state index in [1.807, 2.05) is 12.2 Å². The predicted octanol–water partition coefficient (Wildman–Crippen LogP) is 6.22. The zero-order chi connectivity index (χ0) is 30.0. The third kappa shape index (κ3) is 18.7. The van der Waals surface area contributed by atoms with Crippen molar-refractivity contribution in [1.82, 2.24) is 16.0 Å². The van der Waals surface area contributed by atoms with Crippen LogP contribution in [0.2, 0.25) is 0 Å². The van der Waals surface area contributed by atoms with Crippen LogP contribution in [0, 0.1) is 0 Å². The van der Waals surface area contributed by atoms with Crippen molar-refractivity contribution in [2.24, 2.45) is 0 Å². The molecule has 3 amide bonds. The van der Waals surface area contributed by atoms with Gasteiger partial charge < -0.3 is 21.1 Å². The van der Waals surface area contributed by atoms with E-state index >= 15 is 0 Å². The number of allylic oxidation sites excluding steroid dienone is 12. The van der Waals surface area contributed by atoms with Gasteiger partial charge in [-0.15, -0.1) is 0 Å². The summed E-state index contributed by atoms with van der Waals surface area (Å²) in [5, 5.41) is 17.7. The van der Waals surface area contributed by atoms with Crippen molar-refractivity contribution >= 4 is 17.7 Å². The fourth-order valence-corrected chi connectivity index (χ4v) is 3.49. The van der Waals surface area contributed by atoms with Crippen molar-refractivity contribution in [3.8, 4) is 5.75 Å². The monoisotopic (exact) mass is 561 g/mol. The van der Waals surface area contributed by atoms with Gasteiger partial charge in [0.15, 0.2) is 0 Å². The lowest BCUT2D eigenvalue weighted by molar-refractivity contribution is -0.123. The molecule has 0 saturated heterocycles. The number of phenols is 1. The lowest BCUT2D eigenvalue weighted by Crippen LogP contribution is -2.46. The highest BCUT2D eigenvalue weighted by Crippen LogP contribution is 2.15. The Morgan fingerprint density at radius 2 is 1.22 bits per heavy atom. The topological polar surface area (TPSA) is 108 Å². The molecule has 0 spiro atoms. The normalized spacial score (nSPS) is 12.8. The molecule has 7 nitrogen and oxygen atoms in total. The number of hydrogen-bond acceptors (Lipinski definition) is 4. The highest BCUT2D eigenvalue weighted by molar-refractivity contribution is 5.99. The Bertz CT molecular complexity index is 1080. The van der Waals surface area contributed by atoms with Crippen LogP contribution < -0.4 is 16.0 Å². The van der Waals surface area contributed by atoms with Gasteiger partial charge in [-0.05, 0) is 64.0 Å². The molecule has 0 bridgehead atoms. The maximum absolute atomic E-state index is 12.2. The van der Waals surface area contributed by atoms with Crippen LogP contribution in [0.5, 0.6) is 5.75 Å². The molecule has 1 aromatic carbocycles. The fourth-order valence-electron chi connectivity index (χ4n) is 3.49. The number of carbonyl (C=O) groups excluding carboxylic acids is 3. The number of rotatable bonds is 20. The molecule has 1 rings (SSSR count). The van der Waals surface area contributed by atoms with E-state index in [1.54, 1.807) is 19.1 Å². The zero-order valence-corrected chi connectivity index (χ0v) is 24.6. The molecule has 0 aliphatic heterocycles. The van der Waals surface area contributed by atoms with Crippen LogP contribution >= 0.6 is 0 Å². The van der Waals surface area contributed by atoms with Crippen molar-refractivity contribution in [3.05, 3.63) is 103 Å². The van der Waals surface area contributed by atoms with Crippen molar-refractivity contribution in [2.75, 3.05) is 13.1 Å². The minimum absolute atomic E-state index is 0.0836. The summed E-state index contributed by atoms with van der Waals surface area (Å²) < 4.78 is 0. The van der Waals surface area contributed by atoms with Gasteiger partial charge in [-0.2, -0.15) is 0 Å². The smallest absolute Gasteiger partial charge is 0.255 e. The first kappa shape index (κ1) is 34.9. The summed E-state index contributed by atoms with van der Waals surface area (Å²) in [5.74, 6) is -1.14. The van der Waals surface area contributed by atoms with E-state index in [9.17, 15) is 19.5 Å². The SMILES string of the molecule is CCC=CCC=CCC=CCC=CCC=CCC=CCCC(=O)NCCNC(=O)[C@H](C)NC(=O)c1ccccc1O. The van der Waals surface area contributed by atoms with Crippen LogP contribution in [0.1, 0.15) is 75.6 Å². The molecule has 0 aliphatic rings. The molecule has 1 atom stereocenters. The summed E-state index contributed by atoms with van der Waals surface area (Å²) in [6, 6.07) is 5.34. The lowest BCUT2D eigenvalue weighted by Gasteiger charge is -2.14. The largest absolute Gasteiger partial charge is 0.507 e. The molecule has 0 fully saturated rings. The molecule has 41 heavy (non-hydrogen) atoms. The number of amides is 3. The lowest BCUT2D eigenvalue weighted by atomic mass is 10.1. The van der Waals surface area contributed by atoms with Crippen LogP contribution in [0.15, 0.2) is 97.2 Å². The average molecular weight is 562 g/mol. The number of nitrogens with one attached hydrogen (secondary N) is 3. The standard InChI is InChI=1S/C34H47N3O4/c1-3-4-5-6-7-8-9-10-11-12-13-14-15-16-17-18-19-20-21-26-32(39)35-27-28-36-33(40)29(2)37-34(41)30-24-22-23-25-31(30)38/h4-5,7-8,10-11,13-14,16-17,19-20,22-25,29,38H,3,6,9,12,15,18,21,26-28H2,1-2H3,(H,35,39)(H,36,40)(H,37,41)/t29-/m0/s1. The first-order valence-corrected chi connectivity index (χ1v) is 14.5. The minimum Gasteiger partial charge on any atom is -0.507 e. The molecule has 0 aromatic heterocycles. The van der Waals surface area contributed by atoms with Gasteiger partial charge in [0.25, 0.3) is 5.91 Å². The first-order valence-electron chi connectivity index (χ1n) is 14.5. The van der Waals surface area contributed by atoms with E-state index in [4.69, 9.17) is 0 Å². The maximum Gasteiger partial charge on any atom is 0.255 e. The molecule has 0 aliphatic carbocycles. The number of aromatic hydroxyl groups is 1. The highest BCUT2D eigenvalue weighted by Gasteiger charge is 2.18. The van der Waals surface area contributed by atoms with Gasteiger partial charge in [0.2, 0.25) is 11.8 Å². The molecule has 7 heteroatoms. The van der Waals surface area contributed by atoms with E-state index < -0.39 is 11.9 Å². The van der Waals surface area contributed by atoms with Crippen LogP contribution in [-0.4, -0.2) is 42.0 Å². The van der Waals surface area contributed by atoms with Crippen LogP contribution in [0.25, 0.3) is 0 Å². The Labute approximate surface area is 245 Å². The molecule has 1 aromatic rings. The quantitative estimate of drug-likeness (QED) is 0.112.